The van der Waals surface area contributed by atoms with Crippen molar-refractivity contribution in [3.63, 3.8) is 0 Å². The van der Waals surface area contributed by atoms with E-state index >= 15 is 0 Å². The normalized spacial score (nSPS) is 11.0. The van der Waals surface area contributed by atoms with E-state index in [0.29, 0.717) is 12.6 Å². The van der Waals surface area contributed by atoms with Crippen LogP contribution in [0.15, 0.2) is 59.6 Å². The monoisotopic (exact) mass is 269 g/mol. The summed E-state index contributed by atoms with van der Waals surface area (Å²) in [5.41, 5.74) is 2.09. The molecule has 0 aliphatic rings. The maximum absolute atomic E-state index is 5.78. The third-order valence-electron chi connectivity index (χ3n) is 2.81. The van der Waals surface area contributed by atoms with Gasteiger partial charge in [-0.25, -0.2) is 0 Å². The Morgan fingerprint density at radius 1 is 1.10 bits per heavy atom. The third-order valence-corrected chi connectivity index (χ3v) is 2.81. The van der Waals surface area contributed by atoms with Gasteiger partial charge in [0, 0.05) is 25.8 Å². The van der Waals surface area contributed by atoms with Crippen LogP contribution in [0.5, 0.6) is 5.75 Å². The lowest BCUT2D eigenvalue weighted by Gasteiger charge is -2.11. The van der Waals surface area contributed by atoms with Crippen LogP contribution in [0.4, 0.5) is 5.69 Å². The molecule has 0 fully saturated rings. The summed E-state index contributed by atoms with van der Waals surface area (Å²) in [5, 5.41) is 6.15. The molecule has 0 amide bonds. The van der Waals surface area contributed by atoms with Crippen LogP contribution in [0.25, 0.3) is 0 Å². The highest BCUT2D eigenvalue weighted by Crippen LogP contribution is 2.18. The van der Waals surface area contributed by atoms with Crippen molar-refractivity contribution in [2.75, 3.05) is 19.4 Å². The summed E-state index contributed by atoms with van der Waals surface area (Å²) in [5.74, 6) is 1.54. The number of hydrogen-bond acceptors (Lipinski definition) is 2. The maximum Gasteiger partial charge on any atom is 0.195 e. The van der Waals surface area contributed by atoms with Gasteiger partial charge in [0.25, 0.3) is 0 Å². The molecule has 0 heterocycles. The van der Waals surface area contributed by atoms with E-state index in [-0.39, 0.29) is 0 Å². The Labute approximate surface area is 119 Å². The molecule has 0 spiro atoms. The Kier molecular flexibility index (Phi) is 5.00. The molecule has 0 aliphatic carbocycles. The molecule has 2 rings (SSSR count). The van der Waals surface area contributed by atoms with Crippen molar-refractivity contribution < 1.29 is 4.74 Å². The van der Waals surface area contributed by atoms with Gasteiger partial charge in [0.2, 0.25) is 0 Å². The molecule has 2 N–H and O–H groups in total. The van der Waals surface area contributed by atoms with Gasteiger partial charge in [-0.3, -0.25) is 4.99 Å². The minimum absolute atomic E-state index is 0.561. The van der Waals surface area contributed by atoms with Crippen LogP contribution in [0.1, 0.15) is 5.56 Å². The van der Waals surface area contributed by atoms with E-state index in [0.717, 1.165) is 17.0 Å². The average Bonchev–Trinajstić information content (AvgIpc) is 2.52. The fraction of sp³-hybridized carbons (Fsp3) is 0.188. The van der Waals surface area contributed by atoms with E-state index in [2.05, 4.69) is 15.6 Å². The van der Waals surface area contributed by atoms with Gasteiger partial charge >= 0.3 is 0 Å². The van der Waals surface area contributed by atoms with Crippen LogP contribution in [-0.4, -0.2) is 20.1 Å². The molecule has 104 valence electrons. The summed E-state index contributed by atoms with van der Waals surface area (Å²) in [6, 6.07) is 17.9. The van der Waals surface area contributed by atoms with Crippen molar-refractivity contribution in [2.24, 2.45) is 4.99 Å². The molecule has 0 atom stereocenters. The number of hydrogen-bond donors (Lipinski definition) is 2. The van der Waals surface area contributed by atoms with Gasteiger partial charge in [-0.1, -0.05) is 36.4 Å². The van der Waals surface area contributed by atoms with Gasteiger partial charge < -0.3 is 15.4 Å². The zero-order valence-electron chi connectivity index (χ0n) is 11.8. The number of ether oxygens (including phenoxy) is 1. The van der Waals surface area contributed by atoms with Crippen LogP contribution in [0.2, 0.25) is 0 Å². The molecule has 2 aromatic rings. The summed E-state index contributed by atoms with van der Waals surface area (Å²) in [6.45, 7) is 0.561. The number of benzene rings is 2. The first-order chi connectivity index (χ1) is 9.81. The summed E-state index contributed by atoms with van der Waals surface area (Å²) < 4.78 is 5.78. The molecular weight excluding hydrogens is 250 g/mol. The SMILES string of the molecule is CN=C(NC)Nc1cccc(OCc2ccccc2)c1. The lowest BCUT2D eigenvalue weighted by Crippen LogP contribution is -2.26. The minimum Gasteiger partial charge on any atom is -0.489 e. The van der Waals surface area contributed by atoms with Gasteiger partial charge in [0.15, 0.2) is 5.96 Å². The fourth-order valence-corrected chi connectivity index (χ4v) is 1.77. The van der Waals surface area contributed by atoms with E-state index in [9.17, 15) is 0 Å². The second-order valence-corrected chi connectivity index (χ2v) is 4.25. The molecule has 0 radical (unpaired) electrons. The third kappa shape index (κ3) is 4.02. The van der Waals surface area contributed by atoms with Crippen LogP contribution in [0.3, 0.4) is 0 Å². The number of guanidine groups is 1. The molecule has 20 heavy (non-hydrogen) atoms. The number of nitrogens with one attached hydrogen (secondary N) is 2. The zero-order chi connectivity index (χ0) is 14.2. The Balaban J connectivity index is 1.99. The van der Waals surface area contributed by atoms with Gasteiger partial charge in [0.05, 0.1) is 0 Å². The molecular formula is C16H19N3O. The Bertz CT molecular complexity index is 567. The quantitative estimate of drug-likeness (QED) is 0.662. The molecule has 0 unspecified atom stereocenters. The van der Waals surface area contributed by atoms with Gasteiger partial charge in [0.1, 0.15) is 12.4 Å². The highest BCUT2D eigenvalue weighted by atomic mass is 16.5. The van der Waals surface area contributed by atoms with Crippen LogP contribution in [-0.2, 0) is 6.61 Å². The van der Waals surface area contributed by atoms with Crippen molar-refractivity contribution in [3.05, 3.63) is 60.2 Å². The van der Waals surface area contributed by atoms with Gasteiger partial charge in [-0.2, -0.15) is 0 Å². The summed E-state index contributed by atoms with van der Waals surface area (Å²) in [6.07, 6.45) is 0. The molecule has 0 aliphatic heterocycles. The Morgan fingerprint density at radius 3 is 2.60 bits per heavy atom. The van der Waals surface area contributed by atoms with E-state index in [1.165, 1.54) is 0 Å². The first-order valence-corrected chi connectivity index (χ1v) is 6.50. The lowest BCUT2D eigenvalue weighted by atomic mass is 10.2. The first-order valence-electron chi connectivity index (χ1n) is 6.50. The van der Waals surface area contributed by atoms with Crippen molar-refractivity contribution in [1.29, 1.82) is 0 Å². The lowest BCUT2D eigenvalue weighted by molar-refractivity contribution is 0.306. The predicted molar refractivity (Wildman–Crippen MR) is 83.3 cm³/mol. The van der Waals surface area contributed by atoms with Gasteiger partial charge in [-0.15, -0.1) is 0 Å². The highest BCUT2D eigenvalue weighted by Gasteiger charge is 2.00. The molecule has 4 nitrogen and oxygen atoms in total. The summed E-state index contributed by atoms with van der Waals surface area (Å²) in [4.78, 5) is 4.08. The van der Waals surface area contributed by atoms with Crippen LogP contribution < -0.4 is 15.4 Å². The Hall–Kier alpha value is -2.49. The van der Waals surface area contributed by atoms with Crippen LogP contribution >= 0.6 is 0 Å². The second-order valence-electron chi connectivity index (χ2n) is 4.25. The molecule has 0 saturated carbocycles. The minimum atomic E-state index is 0.561. The summed E-state index contributed by atoms with van der Waals surface area (Å²) >= 11 is 0. The maximum atomic E-state index is 5.78. The standard InChI is InChI=1S/C16H19N3O/c1-17-16(18-2)19-14-9-6-10-15(11-14)20-12-13-7-4-3-5-8-13/h3-11H,12H2,1-2H3,(H2,17,18,19). The second kappa shape index (κ2) is 7.19. The number of rotatable bonds is 4. The smallest absolute Gasteiger partial charge is 0.195 e. The van der Waals surface area contributed by atoms with E-state index in [1.807, 2.05) is 61.6 Å². The molecule has 2 aromatic carbocycles. The molecule has 0 bridgehead atoms. The van der Waals surface area contributed by atoms with E-state index < -0.39 is 0 Å². The van der Waals surface area contributed by atoms with E-state index in [1.54, 1.807) is 7.05 Å². The zero-order valence-corrected chi connectivity index (χ0v) is 11.8. The highest BCUT2D eigenvalue weighted by molar-refractivity contribution is 5.93. The largest absolute Gasteiger partial charge is 0.489 e. The molecule has 4 heteroatoms. The number of nitrogens with zero attached hydrogens (tertiary/aromatic N) is 1. The van der Waals surface area contributed by atoms with Crippen molar-refractivity contribution in [3.8, 4) is 5.75 Å². The first kappa shape index (κ1) is 13.9. The predicted octanol–water partition coefficient (Wildman–Crippen LogP) is 2.88. The van der Waals surface area contributed by atoms with Crippen molar-refractivity contribution in [1.82, 2.24) is 5.32 Å². The topological polar surface area (TPSA) is 45.7 Å². The van der Waals surface area contributed by atoms with Crippen LogP contribution in [0, 0.1) is 0 Å². The fourth-order valence-electron chi connectivity index (χ4n) is 1.77. The average molecular weight is 269 g/mol. The van der Waals surface area contributed by atoms with E-state index in [4.69, 9.17) is 4.74 Å². The number of anilines is 1. The number of aliphatic imine (C=N–C) groups is 1. The molecule has 0 aromatic heterocycles. The van der Waals surface area contributed by atoms with Gasteiger partial charge in [-0.05, 0) is 17.7 Å². The summed E-state index contributed by atoms with van der Waals surface area (Å²) in [7, 11) is 3.56. The molecule has 0 saturated heterocycles. The van der Waals surface area contributed by atoms with Crippen molar-refractivity contribution in [2.45, 2.75) is 6.61 Å². The Morgan fingerprint density at radius 2 is 1.90 bits per heavy atom. The van der Waals surface area contributed by atoms with Crippen molar-refractivity contribution >= 4 is 11.6 Å².